The summed E-state index contributed by atoms with van der Waals surface area (Å²) >= 11 is 0. The largest absolute Gasteiger partial charge is 0.462 e. The summed E-state index contributed by atoms with van der Waals surface area (Å²) in [6.07, 6.45) is -4.66. The van der Waals surface area contributed by atoms with E-state index in [0.29, 0.717) is 4.57 Å². The van der Waals surface area contributed by atoms with E-state index in [9.17, 15) is 29.6 Å². The van der Waals surface area contributed by atoms with E-state index < -0.39 is 62.2 Å². The number of aliphatic hydroxyl groups is 2. The van der Waals surface area contributed by atoms with Crippen LogP contribution >= 0.6 is 7.75 Å². The molecule has 206 valence electrons. The zero-order valence-corrected chi connectivity index (χ0v) is 21.5. The predicted octanol–water partition coefficient (Wildman–Crippen LogP) is 0.475. The van der Waals surface area contributed by atoms with Gasteiger partial charge in [0.15, 0.2) is 5.82 Å². The van der Waals surface area contributed by atoms with Gasteiger partial charge in [-0.05, 0) is 39.0 Å². The van der Waals surface area contributed by atoms with Crippen LogP contribution in [0.3, 0.4) is 0 Å². The monoisotopic (exact) mass is 553 g/mol. The fraction of sp³-hybridized carbons (Fsp3) is 0.455. The van der Waals surface area contributed by atoms with Gasteiger partial charge in [0.2, 0.25) is 0 Å². The van der Waals surface area contributed by atoms with Gasteiger partial charge in [-0.2, -0.15) is 15.3 Å². The summed E-state index contributed by atoms with van der Waals surface area (Å²) in [5.74, 6) is -0.839. The Morgan fingerprint density at radius 3 is 2.55 bits per heavy atom. The van der Waals surface area contributed by atoms with Gasteiger partial charge >= 0.3 is 19.4 Å². The summed E-state index contributed by atoms with van der Waals surface area (Å²) in [5.41, 5.74) is -1.85. The number of nitriles is 1. The number of carbonyl (C=O) groups is 1. The lowest BCUT2D eigenvalue weighted by Crippen LogP contribution is -2.49. The van der Waals surface area contributed by atoms with Gasteiger partial charge < -0.3 is 24.2 Å². The van der Waals surface area contributed by atoms with Crippen LogP contribution in [0.4, 0.5) is 5.82 Å². The molecule has 1 unspecified atom stereocenters. The van der Waals surface area contributed by atoms with Crippen molar-refractivity contribution in [3.8, 4) is 11.8 Å². The summed E-state index contributed by atoms with van der Waals surface area (Å²) in [5, 5.41) is 42.5. The molecule has 2 aromatic rings. The number of para-hydroxylation sites is 1. The second kappa shape index (κ2) is 12.0. The zero-order valence-electron chi connectivity index (χ0n) is 20.6. The third-order valence-corrected chi connectivity index (χ3v) is 6.95. The maximum atomic E-state index is 13.6. The van der Waals surface area contributed by atoms with E-state index in [-0.39, 0.29) is 11.6 Å². The number of hydrogen-bond donors (Lipinski definition) is 5. The molecule has 15 nitrogen and oxygen atoms in total. The first-order valence-electron chi connectivity index (χ1n) is 11.4. The van der Waals surface area contributed by atoms with Crippen LogP contribution in [0.25, 0.3) is 0 Å². The fourth-order valence-electron chi connectivity index (χ4n) is 3.51. The maximum absolute atomic E-state index is 13.6. The van der Waals surface area contributed by atoms with Crippen LogP contribution < -0.4 is 20.8 Å². The molecule has 3 rings (SSSR count). The lowest BCUT2D eigenvalue weighted by molar-refractivity contribution is -0.149. The number of nitrogens with zero attached hydrogens (tertiary/aromatic N) is 3. The van der Waals surface area contributed by atoms with E-state index in [4.69, 9.17) is 23.7 Å². The Hall–Kier alpha value is -3.35. The van der Waals surface area contributed by atoms with Gasteiger partial charge in [-0.25, -0.2) is 9.36 Å². The smallest absolute Gasteiger partial charge is 0.459 e. The highest BCUT2D eigenvalue weighted by atomic mass is 31.2. The Labute approximate surface area is 217 Å². The highest BCUT2D eigenvalue weighted by molar-refractivity contribution is 7.52. The lowest BCUT2D eigenvalue weighted by atomic mass is 10.0. The van der Waals surface area contributed by atoms with Crippen LogP contribution in [-0.2, 0) is 29.1 Å². The third kappa shape index (κ3) is 6.37. The van der Waals surface area contributed by atoms with Crippen LogP contribution in [-0.4, -0.2) is 68.0 Å². The number of rotatable bonds is 11. The molecule has 1 aromatic heterocycles. The molecule has 6 atom stereocenters. The SMILES string of the molecule is CC(C)OC(=O)[C@H](C)NP(=O)(OC[C@H]1O[C@@](C#N)(n2ccc(NO)nc2=O)[C@H](O)[C@@H]1O)Oc1ccccc1. The van der Waals surface area contributed by atoms with Crippen molar-refractivity contribution < 1.29 is 43.3 Å². The minimum absolute atomic E-state index is 0.127. The first-order chi connectivity index (χ1) is 17.9. The molecule has 0 saturated carbocycles. The maximum Gasteiger partial charge on any atom is 0.459 e. The molecule has 0 bridgehead atoms. The Bertz CT molecular complexity index is 1270. The van der Waals surface area contributed by atoms with E-state index in [2.05, 4.69) is 10.1 Å². The number of aliphatic hydroxyl groups excluding tert-OH is 2. The molecule has 0 radical (unpaired) electrons. The van der Waals surface area contributed by atoms with Gasteiger partial charge in [-0.3, -0.25) is 24.6 Å². The number of esters is 1. The summed E-state index contributed by atoms with van der Waals surface area (Å²) in [4.78, 5) is 28.2. The molecule has 2 heterocycles. The average molecular weight is 553 g/mol. The average Bonchev–Trinajstić information content (AvgIpc) is 3.13. The van der Waals surface area contributed by atoms with Gasteiger partial charge in [0.1, 0.15) is 36.2 Å². The first-order valence-corrected chi connectivity index (χ1v) is 12.9. The van der Waals surface area contributed by atoms with Crippen molar-refractivity contribution in [2.45, 2.75) is 57.0 Å². The van der Waals surface area contributed by atoms with Crippen molar-refractivity contribution >= 4 is 19.5 Å². The molecule has 1 fully saturated rings. The van der Waals surface area contributed by atoms with E-state index in [1.54, 1.807) is 43.6 Å². The molecule has 1 aliphatic heterocycles. The highest BCUT2D eigenvalue weighted by Crippen LogP contribution is 2.46. The van der Waals surface area contributed by atoms with Gasteiger partial charge in [0.05, 0.1) is 12.7 Å². The zero-order chi connectivity index (χ0) is 28.1. The number of nitrogens with one attached hydrogen (secondary N) is 2. The van der Waals surface area contributed by atoms with Gasteiger partial charge in [0.25, 0.3) is 5.72 Å². The fourth-order valence-corrected chi connectivity index (χ4v) is 5.01. The van der Waals surface area contributed by atoms with Crippen LogP contribution in [0.1, 0.15) is 20.8 Å². The molecular formula is C22H28N5O10P. The molecule has 5 N–H and O–H groups in total. The number of anilines is 1. The lowest BCUT2D eigenvalue weighted by Gasteiger charge is -2.26. The Morgan fingerprint density at radius 2 is 1.97 bits per heavy atom. The normalized spacial score (nSPS) is 25.3. The summed E-state index contributed by atoms with van der Waals surface area (Å²) in [7, 11) is -4.36. The Kier molecular flexibility index (Phi) is 9.23. The molecule has 1 aromatic carbocycles. The number of benzene rings is 1. The second-order valence-corrected chi connectivity index (χ2v) is 10.2. The van der Waals surface area contributed by atoms with Crippen molar-refractivity contribution in [2.24, 2.45) is 0 Å². The Morgan fingerprint density at radius 1 is 1.29 bits per heavy atom. The van der Waals surface area contributed by atoms with Crippen molar-refractivity contribution in [1.29, 1.82) is 5.26 Å². The number of ether oxygens (including phenoxy) is 2. The van der Waals surface area contributed by atoms with Crippen LogP contribution in [0.2, 0.25) is 0 Å². The summed E-state index contributed by atoms with van der Waals surface area (Å²) in [6.45, 7) is 3.96. The van der Waals surface area contributed by atoms with E-state index in [1.165, 1.54) is 19.1 Å². The first kappa shape index (κ1) is 29.2. The molecule has 16 heteroatoms. The molecule has 0 amide bonds. The third-order valence-electron chi connectivity index (χ3n) is 5.31. The quantitative estimate of drug-likeness (QED) is 0.145. The molecular weight excluding hydrogens is 525 g/mol. The highest BCUT2D eigenvalue weighted by Gasteiger charge is 2.57. The van der Waals surface area contributed by atoms with Crippen LogP contribution in [0.15, 0.2) is 47.4 Å². The minimum atomic E-state index is -4.36. The van der Waals surface area contributed by atoms with Crippen molar-refractivity contribution in [2.75, 3.05) is 12.1 Å². The van der Waals surface area contributed by atoms with Gasteiger partial charge in [-0.15, -0.1) is 0 Å². The molecule has 1 aliphatic rings. The van der Waals surface area contributed by atoms with Crippen molar-refractivity contribution in [3.63, 3.8) is 0 Å². The standard InChI is InChI=1S/C22H28N5O10P/c1-13(2)35-20(30)14(3)26-38(33,37-15-7-5-4-6-8-15)34-11-16-18(28)19(29)22(12-23,36-16)27-10-9-17(25-32)24-21(27)31/h4-10,13-14,16,18-19,28-29,32H,11H2,1-3H3,(H,26,33)(H,24,25,31)/t14-,16+,18+,19+,22+,38?/m0/s1. The van der Waals surface area contributed by atoms with E-state index in [1.807, 2.05) is 0 Å². The minimum Gasteiger partial charge on any atom is -0.462 e. The number of aromatic nitrogens is 2. The molecule has 0 aliphatic carbocycles. The Balaban J connectivity index is 1.84. The number of hydrogen-bond acceptors (Lipinski definition) is 13. The van der Waals surface area contributed by atoms with E-state index in [0.717, 1.165) is 12.3 Å². The van der Waals surface area contributed by atoms with Gasteiger partial charge in [0, 0.05) is 6.20 Å². The van der Waals surface area contributed by atoms with Crippen LogP contribution in [0, 0.1) is 11.3 Å². The summed E-state index contributed by atoms with van der Waals surface area (Å²) < 4.78 is 35.9. The van der Waals surface area contributed by atoms with Gasteiger partial charge in [-0.1, -0.05) is 18.2 Å². The molecule has 1 saturated heterocycles. The predicted molar refractivity (Wildman–Crippen MR) is 129 cm³/mol. The van der Waals surface area contributed by atoms with Crippen molar-refractivity contribution in [1.82, 2.24) is 14.6 Å². The second-order valence-electron chi connectivity index (χ2n) is 8.51. The molecule has 38 heavy (non-hydrogen) atoms. The van der Waals surface area contributed by atoms with E-state index >= 15 is 0 Å². The topological polar surface area (TPSA) is 214 Å². The number of carbonyl (C=O) groups excluding carboxylic acids is 1. The van der Waals surface area contributed by atoms with Crippen LogP contribution in [0.5, 0.6) is 5.75 Å². The van der Waals surface area contributed by atoms with Crippen molar-refractivity contribution in [3.05, 3.63) is 53.1 Å². The summed E-state index contributed by atoms with van der Waals surface area (Å²) in [6, 6.07) is 9.54. The molecule has 0 spiro atoms.